The molecule has 2 rings (SSSR count). The molecule has 20 heavy (non-hydrogen) atoms. The number of carbonyl (C=O) groups is 2. The van der Waals surface area contributed by atoms with Gasteiger partial charge in [-0.15, -0.1) is 0 Å². The molecule has 0 aromatic carbocycles. The number of fused-ring (bicyclic) bond motifs is 1. The average Bonchev–Trinajstić information content (AvgIpc) is 2.33. The third-order valence-corrected chi connectivity index (χ3v) is 5.97. The van der Waals surface area contributed by atoms with E-state index in [1.807, 2.05) is 19.9 Å². The lowest BCUT2D eigenvalue weighted by Gasteiger charge is -2.57. The van der Waals surface area contributed by atoms with E-state index >= 15 is 0 Å². The van der Waals surface area contributed by atoms with E-state index in [2.05, 4.69) is 6.92 Å². The van der Waals surface area contributed by atoms with E-state index in [0.717, 1.165) is 25.7 Å². The molecule has 2 aliphatic rings. The molecule has 0 unspecified atom stereocenters. The summed E-state index contributed by atoms with van der Waals surface area (Å²) in [7, 11) is 0. The van der Waals surface area contributed by atoms with Gasteiger partial charge in [-0.2, -0.15) is 0 Å². The van der Waals surface area contributed by atoms with Crippen LogP contribution in [-0.4, -0.2) is 22.2 Å². The molecular weight excluding hydrogens is 256 g/mol. The Bertz CT molecular complexity index is 467. The van der Waals surface area contributed by atoms with E-state index in [1.165, 1.54) is 0 Å². The van der Waals surface area contributed by atoms with Crippen molar-refractivity contribution in [2.75, 3.05) is 0 Å². The average molecular weight is 280 g/mol. The minimum absolute atomic E-state index is 0.126. The largest absolute Gasteiger partial charge is 0.481 e. The summed E-state index contributed by atoms with van der Waals surface area (Å²) in [5, 5.41) is 18.7. The molecular formula is C16H24O4. The summed E-state index contributed by atoms with van der Waals surface area (Å²) in [5.74, 6) is -1.18. The predicted molar refractivity (Wildman–Crippen MR) is 75.3 cm³/mol. The molecule has 1 fully saturated rings. The third kappa shape index (κ3) is 2.15. The summed E-state index contributed by atoms with van der Waals surface area (Å²) >= 11 is 0. The van der Waals surface area contributed by atoms with Crippen LogP contribution in [0.4, 0.5) is 0 Å². The van der Waals surface area contributed by atoms with Crippen molar-refractivity contribution in [2.45, 2.75) is 52.9 Å². The van der Waals surface area contributed by atoms with Gasteiger partial charge in [-0.3, -0.25) is 4.79 Å². The minimum atomic E-state index is -0.843. The van der Waals surface area contributed by atoms with E-state index in [4.69, 9.17) is 0 Å². The molecule has 0 spiro atoms. The molecule has 0 aromatic heterocycles. The Kier molecular flexibility index (Phi) is 3.69. The molecule has 0 radical (unpaired) electrons. The fourth-order valence-electron chi connectivity index (χ4n) is 4.64. The van der Waals surface area contributed by atoms with Gasteiger partial charge in [0.15, 0.2) is 0 Å². The molecule has 112 valence electrons. The molecule has 0 bridgehead atoms. The van der Waals surface area contributed by atoms with E-state index in [1.54, 1.807) is 0 Å². The highest BCUT2D eigenvalue weighted by Gasteiger charge is 2.55. The Balaban J connectivity index is 2.45. The Hall–Kier alpha value is -1.32. The zero-order chi connectivity index (χ0) is 15.1. The highest BCUT2D eigenvalue weighted by Crippen LogP contribution is 2.61. The summed E-state index contributed by atoms with van der Waals surface area (Å²) in [5.41, 5.74) is -0.216. The number of hydrogen-bond donors (Lipinski definition) is 2. The molecule has 4 atom stereocenters. The molecule has 2 aliphatic carbocycles. The maximum atomic E-state index is 11.5. The van der Waals surface area contributed by atoms with Crippen molar-refractivity contribution >= 4 is 11.9 Å². The number of aliphatic carboxylic acids is 2. The molecule has 1 saturated carbocycles. The van der Waals surface area contributed by atoms with E-state index < -0.39 is 11.9 Å². The van der Waals surface area contributed by atoms with Crippen molar-refractivity contribution < 1.29 is 19.8 Å². The highest BCUT2D eigenvalue weighted by atomic mass is 16.4. The lowest BCUT2D eigenvalue weighted by Crippen LogP contribution is -2.51. The number of rotatable bonds is 3. The number of allylic oxidation sites excluding steroid dienone is 1. The van der Waals surface area contributed by atoms with Crippen molar-refractivity contribution in [3.05, 3.63) is 11.6 Å². The fraction of sp³-hybridized carbons (Fsp3) is 0.750. The summed E-state index contributed by atoms with van der Waals surface area (Å²) in [6.07, 6.45) is 5.33. The van der Waals surface area contributed by atoms with Crippen molar-refractivity contribution in [3.8, 4) is 0 Å². The highest BCUT2D eigenvalue weighted by molar-refractivity contribution is 5.88. The Morgan fingerprint density at radius 3 is 2.50 bits per heavy atom. The summed E-state index contributed by atoms with van der Waals surface area (Å²) in [6, 6.07) is 0. The van der Waals surface area contributed by atoms with Crippen LogP contribution in [0.25, 0.3) is 0 Å². The first-order chi connectivity index (χ1) is 9.21. The maximum Gasteiger partial charge on any atom is 0.331 e. The van der Waals surface area contributed by atoms with E-state index in [-0.39, 0.29) is 23.2 Å². The van der Waals surface area contributed by atoms with Crippen LogP contribution < -0.4 is 0 Å². The van der Waals surface area contributed by atoms with Crippen LogP contribution in [0.2, 0.25) is 0 Å². The van der Waals surface area contributed by atoms with Gasteiger partial charge < -0.3 is 10.2 Å². The van der Waals surface area contributed by atoms with Gasteiger partial charge in [0, 0.05) is 11.0 Å². The van der Waals surface area contributed by atoms with Crippen molar-refractivity contribution in [1.29, 1.82) is 0 Å². The third-order valence-electron chi connectivity index (χ3n) is 5.97. The summed E-state index contributed by atoms with van der Waals surface area (Å²) < 4.78 is 0. The van der Waals surface area contributed by atoms with Gasteiger partial charge in [0.05, 0.1) is 6.42 Å². The molecule has 0 saturated heterocycles. The fourth-order valence-corrected chi connectivity index (χ4v) is 4.64. The van der Waals surface area contributed by atoms with Gasteiger partial charge in [0.1, 0.15) is 0 Å². The first-order valence-corrected chi connectivity index (χ1v) is 7.37. The van der Waals surface area contributed by atoms with Gasteiger partial charge in [-0.1, -0.05) is 26.8 Å². The normalized spacial score (nSPS) is 40.6. The molecule has 0 aliphatic heterocycles. The van der Waals surface area contributed by atoms with Crippen LogP contribution >= 0.6 is 0 Å². The second-order valence-corrected chi connectivity index (χ2v) is 6.99. The van der Waals surface area contributed by atoms with Crippen LogP contribution in [0.5, 0.6) is 0 Å². The maximum absolute atomic E-state index is 11.5. The second kappa shape index (κ2) is 4.90. The second-order valence-electron chi connectivity index (χ2n) is 6.99. The number of carboxylic acids is 2. The van der Waals surface area contributed by atoms with Gasteiger partial charge in [-0.25, -0.2) is 4.79 Å². The molecule has 2 N–H and O–H groups in total. The number of hydrogen-bond acceptors (Lipinski definition) is 2. The van der Waals surface area contributed by atoms with Crippen molar-refractivity contribution in [1.82, 2.24) is 0 Å². The van der Waals surface area contributed by atoms with Crippen LogP contribution in [0.15, 0.2) is 11.6 Å². The zero-order valence-electron chi connectivity index (χ0n) is 12.5. The van der Waals surface area contributed by atoms with Crippen LogP contribution in [0.3, 0.4) is 0 Å². The molecule has 0 amide bonds. The molecule has 0 aromatic rings. The quantitative estimate of drug-likeness (QED) is 0.831. The summed E-state index contributed by atoms with van der Waals surface area (Å²) in [6.45, 7) is 6.17. The van der Waals surface area contributed by atoms with Crippen LogP contribution in [0, 0.1) is 22.7 Å². The van der Waals surface area contributed by atoms with Gasteiger partial charge in [0.25, 0.3) is 0 Å². The SMILES string of the molecule is C[C@@H]1CC[C@@]2(C)C(C(=O)O)=CCC[C@@H]2[C@@]1(C)CC(=O)O. The van der Waals surface area contributed by atoms with Crippen molar-refractivity contribution in [2.24, 2.45) is 22.7 Å². The molecule has 4 heteroatoms. The zero-order valence-corrected chi connectivity index (χ0v) is 12.5. The first kappa shape index (κ1) is 15.1. The van der Waals surface area contributed by atoms with E-state index in [9.17, 15) is 19.8 Å². The topological polar surface area (TPSA) is 74.6 Å². The van der Waals surface area contributed by atoms with Gasteiger partial charge in [-0.05, 0) is 42.9 Å². The number of carboxylic acid groups (broad SMARTS) is 2. The lowest BCUT2D eigenvalue weighted by atomic mass is 9.47. The summed E-state index contributed by atoms with van der Waals surface area (Å²) in [4.78, 5) is 22.8. The van der Waals surface area contributed by atoms with Crippen LogP contribution in [0.1, 0.15) is 52.9 Å². The smallest absolute Gasteiger partial charge is 0.331 e. The lowest BCUT2D eigenvalue weighted by molar-refractivity contribution is -0.146. The first-order valence-electron chi connectivity index (χ1n) is 7.37. The molecule has 4 nitrogen and oxygen atoms in total. The Morgan fingerprint density at radius 1 is 1.30 bits per heavy atom. The van der Waals surface area contributed by atoms with Crippen LogP contribution in [-0.2, 0) is 9.59 Å². The standard InChI is InChI=1S/C16H24O4/c1-10-7-8-15(2)11(14(19)20)5-4-6-12(15)16(10,3)9-13(17)18/h5,10,12H,4,6-9H2,1-3H3,(H,17,18)(H,19,20)/t10-,12+,15+,16+/m1/s1. The minimum Gasteiger partial charge on any atom is -0.481 e. The van der Waals surface area contributed by atoms with Crippen molar-refractivity contribution in [3.63, 3.8) is 0 Å². The predicted octanol–water partition coefficient (Wildman–Crippen LogP) is 3.32. The van der Waals surface area contributed by atoms with Gasteiger partial charge >= 0.3 is 11.9 Å². The van der Waals surface area contributed by atoms with Gasteiger partial charge in [0.2, 0.25) is 0 Å². The Morgan fingerprint density at radius 2 is 1.95 bits per heavy atom. The molecule has 0 heterocycles. The van der Waals surface area contributed by atoms with E-state index in [0.29, 0.717) is 11.5 Å². The monoisotopic (exact) mass is 280 g/mol. The Labute approximate surface area is 119 Å².